The van der Waals surface area contributed by atoms with Crippen molar-refractivity contribution < 1.29 is 26.3 Å². The maximum atomic E-state index is 13.4. The van der Waals surface area contributed by atoms with Crippen molar-refractivity contribution in [2.75, 3.05) is 11.1 Å². The van der Waals surface area contributed by atoms with E-state index < -0.39 is 52.0 Å². The Morgan fingerprint density at radius 2 is 1.30 bits per heavy atom. The van der Waals surface area contributed by atoms with Gasteiger partial charge in [-0.3, -0.25) is 0 Å². The van der Waals surface area contributed by atoms with Gasteiger partial charge >= 0.3 is 0 Å². The first-order valence-electron chi connectivity index (χ1n) is 5.15. The Bertz CT molecular complexity index is 660. The molecule has 8 heteroatoms. The standard InChI is InChI=1S/C12H6F6N2/c13-4-1-7(16)11(19)8(2-4)20-12-9(17)5(14)3-6(15)10(12)18/h1-3,20H,19H2. The van der Waals surface area contributed by atoms with Crippen LogP contribution in [0.1, 0.15) is 0 Å². The van der Waals surface area contributed by atoms with Gasteiger partial charge in [-0.05, 0) is 6.07 Å². The van der Waals surface area contributed by atoms with Crippen LogP contribution in [0.5, 0.6) is 0 Å². The third-order valence-electron chi connectivity index (χ3n) is 2.47. The Morgan fingerprint density at radius 3 is 1.85 bits per heavy atom. The van der Waals surface area contributed by atoms with Gasteiger partial charge in [0.25, 0.3) is 0 Å². The number of hydrogen-bond donors (Lipinski definition) is 2. The summed E-state index contributed by atoms with van der Waals surface area (Å²) < 4.78 is 78.9. The number of nitrogens with two attached hydrogens (primary N) is 1. The molecule has 0 radical (unpaired) electrons. The Hall–Kier alpha value is -2.38. The molecule has 0 saturated carbocycles. The van der Waals surface area contributed by atoms with Gasteiger partial charge in [0.05, 0.1) is 11.4 Å². The van der Waals surface area contributed by atoms with Crippen molar-refractivity contribution in [3.05, 3.63) is 53.1 Å². The highest BCUT2D eigenvalue weighted by Gasteiger charge is 2.20. The number of nitrogens with one attached hydrogen (secondary N) is 1. The molecule has 0 unspecified atom stereocenters. The van der Waals surface area contributed by atoms with Gasteiger partial charge in [-0.1, -0.05) is 0 Å². The molecular formula is C12H6F6N2. The van der Waals surface area contributed by atoms with Crippen molar-refractivity contribution in [1.82, 2.24) is 0 Å². The largest absolute Gasteiger partial charge is 0.395 e. The van der Waals surface area contributed by atoms with Gasteiger partial charge in [-0.25, -0.2) is 26.3 Å². The highest BCUT2D eigenvalue weighted by molar-refractivity contribution is 5.73. The molecule has 2 aromatic rings. The molecule has 0 aliphatic rings. The minimum Gasteiger partial charge on any atom is -0.395 e. The summed E-state index contributed by atoms with van der Waals surface area (Å²) in [6, 6.07) is 1.07. The maximum Gasteiger partial charge on any atom is 0.185 e. The Balaban J connectivity index is 2.56. The van der Waals surface area contributed by atoms with E-state index in [-0.39, 0.29) is 6.07 Å². The van der Waals surface area contributed by atoms with Crippen molar-refractivity contribution in [3.8, 4) is 0 Å². The molecule has 0 saturated heterocycles. The van der Waals surface area contributed by atoms with Crippen molar-refractivity contribution in [1.29, 1.82) is 0 Å². The third-order valence-corrected chi connectivity index (χ3v) is 2.47. The average molecular weight is 292 g/mol. The summed E-state index contributed by atoms with van der Waals surface area (Å²) in [6.45, 7) is 0. The van der Waals surface area contributed by atoms with Crippen molar-refractivity contribution >= 4 is 17.1 Å². The summed E-state index contributed by atoms with van der Waals surface area (Å²) in [7, 11) is 0. The zero-order valence-electron chi connectivity index (χ0n) is 9.58. The Kier molecular flexibility index (Phi) is 3.47. The maximum absolute atomic E-state index is 13.4. The lowest BCUT2D eigenvalue weighted by Crippen LogP contribution is -2.06. The molecular weight excluding hydrogens is 286 g/mol. The molecule has 0 fully saturated rings. The fourth-order valence-electron chi connectivity index (χ4n) is 1.51. The summed E-state index contributed by atoms with van der Waals surface area (Å²) in [5, 5.41) is 1.84. The van der Waals surface area contributed by atoms with Crippen molar-refractivity contribution in [2.45, 2.75) is 0 Å². The number of halogens is 6. The van der Waals surface area contributed by atoms with Crippen molar-refractivity contribution in [3.63, 3.8) is 0 Å². The smallest absolute Gasteiger partial charge is 0.185 e. The van der Waals surface area contributed by atoms with Crippen LogP contribution in [0.4, 0.5) is 43.4 Å². The third kappa shape index (κ3) is 2.36. The predicted octanol–water partition coefficient (Wildman–Crippen LogP) is 3.85. The lowest BCUT2D eigenvalue weighted by atomic mass is 10.2. The number of anilines is 3. The van der Waals surface area contributed by atoms with E-state index in [2.05, 4.69) is 0 Å². The average Bonchev–Trinajstić information content (AvgIpc) is 2.37. The first-order valence-corrected chi connectivity index (χ1v) is 5.15. The molecule has 3 N–H and O–H groups in total. The molecule has 0 aliphatic heterocycles. The zero-order valence-corrected chi connectivity index (χ0v) is 9.58. The van der Waals surface area contributed by atoms with Crippen LogP contribution in [0.15, 0.2) is 18.2 Å². The van der Waals surface area contributed by atoms with Gasteiger partial charge < -0.3 is 11.1 Å². The van der Waals surface area contributed by atoms with E-state index in [4.69, 9.17) is 5.73 Å². The van der Waals surface area contributed by atoms with E-state index in [9.17, 15) is 26.3 Å². The van der Waals surface area contributed by atoms with Gasteiger partial charge in [-0.15, -0.1) is 0 Å². The number of benzene rings is 2. The van der Waals surface area contributed by atoms with Crippen LogP contribution in [-0.2, 0) is 0 Å². The summed E-state index contributed by atoms with van der Waals surface area (Å²) in [6.07, 6.45) is 0. The van der Waals surface area contributed by atoms with Gasteiger partial charge in [0, 0.05) is 12.1 Å². The second-order valence-corrected chi connectivity index (χ2v) is 3.82. The van der Waals surface area contributed by atoms with E-state index in [0.717, 1.165) is 0 Å². The minimum absolute atomic E-state index is 0.00532. The summed E-state index contributed by atoms with van der Waals surface area (Å²) in [5.74, 6) is -9.09. The molecule has 0 bridgehead atoms. The fraction of sp³-hybridized carbons (Fsp3) is 0. The van der Waals surface area contributed by atoms with Crippen LogP contribution in [0, 0.1) is 34.9 Å². The van der Waals surface area contributed by atoms with Crippen LogP contribution in [-0.4, -0.2) is 0 Å². The first kappa shape index (κ1) is 14.0. The Labute approximate surface area is 108 Å². The SMILES string of the molecule is Nc1c(F)cc(F)cc1Nc1c(F)c(F)cc(F)c1F. The highest BCUT2D eigenvalue weighted by atomic mass is 19.2. The Morgan fingerprint density at radius 1 is 0.750 bits per heavy atom. The molecule has 0 aliphatic carbocycles. The second kappa shape index (κ2) is 4.95. The molecule has 0 atom stereocenters. The van der Waals surface area contributed by atoms with Crippen molar-refractivity contribution in [2.24, 2.45) is 0 Å². The lowest BCUT2D eigenvalue weighted by molar-refractivity contribution is 0.459. The molecule has 2 aromatic carbocycles. The first-order chi connectivity index (χ1) is 9.31. The summed E-state index contributed by atoms with van der Waals surface area (Å²) >= 11 is 0. The van der Waals surface area contributed by atoms with Gasteiger partial charge in [0.1, 0.15) is 11.5 Å². The quantitative estimate of drug-likeness (QED) is 0.501. The number of nitrogen functional groups attached to an aromatic ring is 1. The van der Waals surface area contributed by atoms with Gasteiger partial charge in [0.2, 0.25) is 0 Å². The summed E-state index contributed by atoms with van der Waals surface area (Å²) in [4.78, 5) is 0. The van der Waals surface area contributed by atoms with Crippen LogP contribution >= 0.6 is 0 Å². The lowest BCUT2D eigenvalue weighted by Gasteiger charge is -2.12. The highest BCUT2D eigenvalue weighted by Crippen LogP contribution is 2.31. The molecule has 0 spiro atoms. The van der Waals surface area contributed by atoms with Crippen LogP contribution in [0.2, 0.25) is 0 Å². The van der Waals surface area contributed by atoms with E-state index in [1.807, 2.05) is 5.32 Å². The fourth-order valence-corrected chi connectivity index (χ4v) is 1.51. The van der Waals surface area contributed by atoms with Crippen LogP contribution in [0.25, 0.3) is 0 Å². The number of hydrogen-bond acceptors (Lipinski definition) is 2. The molecule has 0 heterocycles. The van der Waals surface area contributed by atoms with Gasteiger partial charge in [0.15, 0.2) is 29.1 Å². The molecule has 106 valence electrons. The van der Waals surface area contributed by atoms with Crippen LogP contribution < -0.4 is 11.1 Å². The van der Waals surface area contributed by atoms with E-state index in [0.29, 0.717) is 12.1 Å². The van der Waals surface area contributed by atoms with Gasteiger partial charge in [-0.2, -0.15) is 0 Å². The monoisotopic (exact) mass is 292 g/mol. The molecule has 2 nitrogen and oxygen atoms in total. The van der Waals surface area contributed by atoms with E-state index in [1.165, 1.54) is 0 Å². The van der Waals surface area contributed by atoms with E-state index in [1.54, 1.807) is 0 Å². The summed E-state index contributed by atoms with van der Waals surface area (Å²) in [5.41, 5.74) is 2.78. The molecule has 0 aromatic heterocycles. The second-order valence-electron chi connectivity index (χ2n) is 3.82. The molecule has 2 rings (SSSR count). The van der Waals surface area contributed by atoms with E-state index >= 15 is 0 Å². The molecule has 20 heavy (non-hydrogen) atoms. The van der Waals surface area contributed by atoms with Crippen LogP contribution in [0.3, 0.4) is 0 Å². The predicted molar refractivity (Wildman–Crippen MR) is 60.3 cm³/mol. The molecule has 0 amide bonds. The normalized spacial score (nSPS) is 10.7. The minimum atomic E-state index is -1.74. The topological polar surface area (TPSA) is 38.0 Å². The number of rotatable bonds is 2. The zero-order chi connectivity index (χ0) is 15.0.